The third-order valence-electron chi connectivity index (χ3n) is 3.53. The van der Waals surface area contributed by atoms with E-state index in [1.807, 2.05) is 0 Å². The molecular weight excluding hydrogens is 250 g/mol. The molecule has 0 saturated heterocycles. The standard InChI is InChI=1S/C17H33NO2/c1-3-5-7-9-11-14-18(16-13-17(19)20)15-12-10-8-6-4-2/h13,16H,3-12,14-15H2,1-2H3,(H,19,20). The molecule has 0 aliphatic carbocycles. The van der Waals surface area contributed by atoms with Crippen LogP contribution in [0.4, 0.5) is 0 Å². The fraction of sp³-hybridized carbons (Fsp3) is 0.824. The third-order valence-corrected chi connectivity index (χ3v) is 3.53. The van der Waals surface area contributed by atoms with E-state index >= 15 is 0 Å². The van der Waals surface area contributed by atoms with E-state index in [2.05, 4.69) is 18.7 Å². The van der Waals surface area contributed by atoms with Gasteiger partial charge in [0.2, 0.25) is 0 Å². The van der Waals surface area contributed by atoms with Crippen LogP contribution in [-0.4, -0.2) is 29.1 Å². The summed E-state index contributed by atoms with van der Waals surface area (Å²) in [6, 6.07) is 0. The number of carbonyl (C=O) groups is 1. The Bertz CT molecular complexity index is 237. The second-order valence-corrected chi connectivity index (χ2v) is 5.52. The lowest BCUT2D eigenvalue weighted by atomic mass is 10.1. The van der Waals surface area contributed by atoms with Crippen LogP contribution in [0.1, 0.15) is 78.1 Å². The summed E-state index contributed by atoms with van der Waals surface area (Å²) in [4.78, 5) is 12.8. The van der Waals surface area contributed by atoms with Crippen LogP contribution in [0.3, 0.4) is 0 Å². The van der Waals surface area contributed by atoms with Crippen LogP contribution in [0.15, 0.2) is 12.3 Å². The van der Waals surface area contributed by atoms with E-state index in [1.165, 1.54) is 70.3 Å². The van der Waals surface area contributed by atoms with E-state index in [9.17, 15) is 4.79 Å². The normalized spacial score (nSPS) is 11.1. The zero-order chi connectivity index (χ0) is 15.1. The first kappa shape index (κ1) is 19.0. The van der Waals surface area contributed by atoms with Crippen molar-refractivity contribution in [2.24, 2.45) is 0 Å². The topological polar surface area (TPSA) is 40.5 Å². The lowest BCUT2D eigenvalue weighted by Crippen LogP contribution is -2.20. The van der Waals surface area contributed by atoms with Gasteiger partial charge < -0.3 is 10.0 Å². The summed E-state index contributed by atoms with van der Waals surface area (Å²) >= 11 is 0. The summed E-state index contributed by atoms with van der Waals surface area (Å²) in [6.07, 6.45) is 15.6. The number of unbranched alkanes of at least 4 members (excludes halogenated alkanes) is 8. The first-order chi connectivity index (χ1) is 9.70. The molecule has 0 fully saturated rings. The Hall–Kier alpha value is -0.990. The van der Waals surface area contributed by atoms with Crippen molar-refractivity contribution in [3.8, 4) is 0 Å². The number of carboxylic acid groups (broad SMARTS) is 1. The van der Waals surface area contributed by atoms with Crippen molar-refractivity contribution in [3.05, 3.63) is 12.3 Å². The minimum atomic E-state index is -0.855. The van der Waals surface area contributed by atoms with Crippen molar-refractivity contribution < 1.29 is 9.90 Å². The average Bonchev–Trinajstić information content (AvgIpc) is 2.43. The van der Waals surface area contributed by atoms with Crippen molar-refractivity contribution in [2.45, 2.75) is 78.1 Å². The highest BCUT2D eigenvalue weighted by atomic mass is 16.4. The number of hydrogen-bond donors (Lipinski definition) is 1. The van der Waals surface area contributed by atoms with Crippen LogP contribution in [0.2, 0.25) is 0 Å². The summed E-state index contributed by atoms with van der Waals surface area (Å²) in [5, 5.41) is 8.73. The highest BCUT2D eigenvalue weighted by Gasteiger charge is 2.00. The van der Waals surface area contributed by atoms with E-state index in [0.29, 0.717) is 0 Å². The van der Waals surface area contributed by atoms with Gasteiger partial charge in [-0.15, -0.1) is 0 Å². The molecule has 0 unspecified atom stereocenters. The number of carboxylic acids is 1. The van der Waals surface area contributed by atoms with Gasteiger partial charge in [0.05, 0.1) is 0 Å². The Labute approximate surface area is 125 Å². The van der Waals surface area contributed by atoms with E-state index in [-0.39, 0.29) is 0 Å². The Morgan fingerprint density at radius 3 is 1.70 bits per heavy atom. The molecule has 20 heavy (non-hydrogen) atoms. The highest BCUT2D eigenvalue weighted by molar-refractivity contribution is 5.79. The van der Waals surface area contributed by atoms with Gasteiger partial charge in [-0.1, -0.05) is 65.2 Å². The summed E-state index contributed by atoms with van der Waals surface area (Å²) < 4.78 is 0. The summed E-state index contributed by atoms with van der Waals surface area (Å²) in [6.45, 7) is 6.42. The van der Waals surface area contributed by atoms with Crippen LogP contribution >= 0.6 is 0 Å². The number of aliphatic carboxylic acids is 1. The minimum absolute atomic E-state index is 0.855. The fourth-order valence-electron chi connectivity index (χ4n) is 2.27. The first-order valence-electron chi connectivity index (χ1n) is 8.35. The Morgan fingerprint density at radius 1 is 0.850 bits per heavy atom. The molecule has 0 spiro atoms. The molecule has 0 aromatic heterocycles. The van der Waals surface area contributed by atoms with E-state index in [1.54, 1.807) is 6.20 Å². The molecule has 0 radical (unpaired) electrons. The summed E-state index contributed by atoms with van der Waals surface area (Å²) in [5.41, 5.74) is 0. The maximum Gasteiger partial charge on any atom is 0.329 e. The van der Waals surface area contributed by atoms with Gasteiger partial charge in [-0.2, -0.15) is 0 Å². The van der Waals surface area contributed by atoms with Crippen LogP contribution < -0.4 is 0 Å². The Balaban J connectivity index is 3.85. The van der Waals surface area contributed by atoms with E-state index < -0.39 is 5.97 Å². The van der Waals surface area contributed by atoms with Crippen molar-refractivity contribution in [2.75, 3.05) is 13.1 Å². The van der Waals surface area contributed by atoms with Crippen molar-refractivity contribution in [1.29, 1.82) is 0 Å². The van der Waals surface area contributed by atoms with E-state index in [0.717, 1.165) is 13.1 Å². The second-order valence-electron chi connectivity index (χ2n) is 5.52. The summed E-state index contributed by atoms with van der Waals surface area (Å²) in [7, 11) is 0. The molecule has 1 N–H and O–H groups in total. The smallest absolute Gasteiger partial charge is 0.329 e. The molecule has 0 saturated carbocycles. The van der Waals surface area contributed by atoms with Gasteiger partial charge in [0, 0.05) is 25.4 Å². The quantitative estimate of drug-likeness (QED) is 0.367. The molecular formula is C17H33NO2. The van der Waals surface area contributed by atoms with E-state index in [4.69, 9.17) is 5.11 Å². The number of rotatable bonds is 14. The third kappa shape index (κ3) is 13.4. The minimum Gasteiger partial charge on any atom is -0.478 e. The molecule has 0 aliphatic rings. The maximum atomic E-state index is 10.6. The van der Waals surface area contributed by atoms with Crippen molar-refractivity contribution >= 4 is 5.97 Å². The van der Waals surface area contributed by atoms with Crippen molar-refractivity contribution in [3.63, 3.8) is 0 Å². The molecule has 0 bridgehead atoms. The average molecular weight is 283 g/mol. The summed E-state index contributed by atoms with van der Waals surface area (Å²) in [5.74, 6) is -0.855. The SMILES string of the molecule is CCCCCCCN(C=CC(=O)O)CCCCCCC. The molecule has 0 atom stereocenters. The molecule has 0 amide bonds. The zero-order valence-electron chi connectivity index (χ0n) is 13.4. The van der Waals surface area contributed by atoms with Gasteiger partial charge in [0.1, 0.15) is 0 Å². The molecule has 0 rings (SSSR count). The van der Waals surface area contributed by atoms with Gasteiger partial charge in [-0.3, -0.25) is 0 Å². The predicted molar refractivity (Wildman–Crippen MR) is 85.9 cm³/mol. The molecule has 0 aromatic carbocycles. The van der Waals surface area contributed by atoms with Gasteiger partial charge in [0.15, 0.2) is 0 Å². The lowest BCUT2D eigenvalue weighted by molar-refractivity contribution is -0.131. The van der Waals surface area contributed by atoms with Gasteiger partial charge in [-0.25, -0.2) is 4.79 Å². The van der Waals surface area contributed by atoms with Gasteiger partial charge in [0.25, 0.3) is 0 Å². The Kier molecular flexibility index (Phi) is 13.7. The second kappa shape index (κ2) is 14.4. The first-order valence-corrected chi connectivity index (χ1v) is 8.35. The van der Waals surface area contributed by atoms with Crippen LogP contribution in [0.25, 0.3) is 0 Å². The molecule has 118 valence electrons. The molecule has 0 aromatic rings. The molecule has 3 nitrogen and oxygen atoms in total. The molecule has 0 aliphatic heterocycles. The van der Waals surface area contributed by atoms with Crippen LogP contribution in [0.5, 0.6) is 0 Å². The number of nitrogens with zero attached hydrogens (tertiary/aromatic N) is 1. The maximum absolute atomic E-state index is 10.6. The lowest BCUT2D eigenvalue weighted by Gasteiger charge is -2.20. The van der Waals surface area contributed by atoms with Gasteiger partial charge in [-0.05, 0) is 12.8 Å². The largest absolute Gasteiger partial charge is 0.478 e. The van der Waals surface area contributed by atoms with Gasteiger partial charge >= 0.3 is 5.97 Å². The number of hydrogen-bond acceptors (Lipinski definition) is 2. The molecule has 0 heterocycles. The fourth-order valence-corrected chi connectivity index (χ4v) is 2.27. The zero-order valence-corrected chi connectivity index (χ0v) is 13.4. The van der Waals surface area contributed by atoms with Crippen LogP contribution in [-0.2, 0) is 4.79 Å². The Morgan fingerprint density at radius 2 is 1.30 bits per heavy atom. The highest BCUT2D eigenvalue weighted by Crippen LogP contribution is 2.07. The predicted octanol–water partition coefficient (Wildman–Crippen LogP) is 4.83. The van der Waals surface area contributed by atoms with Crippen LogP contribution in [0, 0.1) is 0 Å². The molecule has 3 heteroatoms. The monoisotopic (exact) mass is 283 g/mol. The van der Waals surface area contributed by atoms with Crippen molar-refractivity contribution in [1.82, 2.24) is 4.90 Å².